The van der Waals surface area contributed by atoms with E-state index < -0.39 is 0 Å². The highest BCUT2D eigenvalue weighted by Crippen LogP contribution is 2.26. The predicted octanol–water partition coefficient (Wildman–Crippen LogP) is 2.98. The maximum absolute atomic E-state index is 11.2. The van der Waals surface area contributed by atoms with Gasteiger partial charge in [0, 0.05) is 24.8 Å². The molecule has 1 heterocycles. The number of Topliss-reactive ketones (excluding diaryl/α,β-unsaturated/α-hetero) is 1. The summed E-state index contributed by atoms with van der Waals surface area (Å²) in [5.41, 5.74) is 1.43. The standard InChI is InChI=1S/C14H19NO2/c1-11(16)13-7-6-12(10-14(13)17)15-8-4-2-3-5-9-15/h6-7,10,17H,2-5,8-9H2,1H3. The highest BCUT2D eigenvalue weighted by Gasteiger charge is 2.13. The number of phenolic OH excluding ortho intramolecular Hbond substituents is 1. The largest absolute Gasteiger partial charge is 0.507 e. The molecule has 1 N–H and O–H groups in total. The van der Waals surface area contributed by atoms with Crippen LogP contribution in [0.2, 0.25) is 0 Å². The fourth-order valence-corrected chi connectivity index (χ4v) is 2.34. The first-order valence-corrected chi connectivity index (χ1v) is 6.27. The lowest BCUT2D eigenvalue weighted by atomic mass is 10.1. The van der Waals surface area contributed by atoms with Crippen molar-refractivity contribution in [3.05, 3.63) is 23.8 Å². The molecule has 0 atom stereocenters. The summed E-state index contributed by atoms with van der Waals surface area (Å²) in [6.07, 6.45) is 4.98. The van der Waals surface area contributed by atoms with Gasteiger partial charge in [-0.25, -0.2) is 0 Å². The average Bonchev–Trinajstić information content (AvgIpc) is 2.56. The molecule has 1 aliphatic rings. The van der Waals surface area contributed by atoms with Crippen LogP contribution in [0.25, 0.3) is 0 Å². The van der Waals surface area contributed by atoms with Gasteiger partial charge in [0.05, 0.1) is 5.56 Å². The van der Waals surface area contributed by atoms with Gasteiger partial charge in [0.15, 0.2) is 5.78 Å². The second kappa shape index (κ2) is 5.21. The van der Waals surface area contributed by atoms with E-state index in [0.717, 1.165) is 18.8 Å². The molecule has 0 unspecified atom stereocenters. The summed E-state index contributed by atoms with van der Waals surface area (Å²) >= 11 is 0. The summed E-state index contributed by atoms with van der Waals surface area (Å²) in [5, 5.41) is 9.82. The predicted molar refractivity (Wildman–Crippen MR) is 68.8 cm³/mol. The lowest BCUT2D eigenvalue weighted by Gasteiger charge is -2.23. The van der Waals surface area contributed by atoms with Gasteiger partial charge in [0.1, 0.15) is 5.75 Å². The molecule has 3 nitrogen and oxygen atoms in total. The van der Waals surface area contributed by atoms with Crippen molar-refractivity contribution in [2.45, 2.75) is 32.6 Å². The van der Waals surface area contributed by atoms with E-state index in [4.69, 9.17) is 0 Å². The summed E-state index contributed by atoms with van der Waals surface area (Å²) in [6, 6.07) is 5.36. The molecule has 1 saturated heterocycles. The molecule has 0 spiro atoms. The molecule has 17 heavy (non-hydrogen) atoms. The smallest absolute Gasteiger partial charge is 0.163 e. The van der Waals surface area contributed by atoms with E-state index in [-0.39, 0.29) is 11.5 Å². The number of benzene rings is 1. The number of ketones is 1. The number of rotatable bonds is 2. The molecule has 0 bridgehead atoms. The second-order valence-corrected chi connectivity index (χ2v) is 4.66. The number of hydrogen-bond acceptors (Lipinski definition) is 3. The van der Waals surface area contributed by atoms with Crippen LogP contribution >= 0.6 is 0 Å². The van der Waals surface area contributed by atoms with Crippen molar-refractivity contribution in [2.75, 3.05) is 18.0 Å². The first-order chi connectivity index (χ1) is 8.18. The van der Waals surface area contributed by atoms with E-state index in [1.807, 2.05) is 6.07 Å². The monoisotopic (exact) mass is 233 g/mol. The Morgan fingerprint density at radius 2 is 1.82 bits per heavy atom. The molecule has 0 saturated carbocycles. The lowest BCUT2D eigenvalue weighted by Crippen LogP contribution is -2.23. The average molecular weight is 233 g/mol. The number of phenols is 1. The summed E-state index contributed by atoms with van der Waals surface area (Å²) in [6.45, 7) is 3.55. The Morgan fingerprint density at radius 1 is 1.18 bits per heavy atom. The van der Waals surface area contributed by atoms with E-state index in [0.29, 0.717) is 5.56 Å². The van der Waals surface area contributed by atoms with Crippen molar-refractivity contribution in [1.82, 2.24) is 0 Å². The molecule has 0 aromatic heterocycles. The summed E-state index contributed by atoms with van der Waals surface area (Å²) in [4.78, 5) is 13.5. The van der Waals surface area contributed by atoms with E-state index in [1.165, 1.54) is 32.6 Å². The molecule has 1 aromatic carbocycles. The van der Waals surface area contributed by atoms with Gasteiger partial charge >= 0.3 is 0 Å². The highest BCUT2D eigenvalue weighted by atomic mass is 16.3. The van der Waals surface area contributed by atoms with Crippen LogP contribution < -0.4 is 4.90 Å². The first kappa shape index (κ1) is 12.0. The van der Waals surface area contributed by atoms with Crippen molar-refractivity contribution in [3.63, 3.8) is 0 Å². The zero-order valence-corrected chi connectivity index (χ0v) is 10.3. The van der Waals surface area contributed by atoms with Crippen molar-refractivity contribution in [3.8, 4) is 5.75 Å². The Morgan fingerprint density at radius 3 is 2.35 bits per heavy atom. The van der Waals surface area contributed by atoms with Gasteiger partial charge in [-0.05, 0) is 31.9 Å². The topological polar surface area (TPSA) is 40.5 Å². The molecule has 1 fully saturated rings. The van der Waals surface area contributed by atoms with Crippen LogP contribution in [0.3, 0.4) is 0 Å². The van der Waals surface area contributed by atoms with Crippen LogP contribution in [-0.2, 0) is 0 Å². The van der Waals surface area contributed by atoms with Crippen molar-refractivity contribution >= 4 is 11.5 Å². The number of carbonyl (C=O) groups excluding carboxylic acids is 1. The van der Waals surface area contributed by atoms with Crippen molar-refractivity contribution in [2.24, 2.45) is 0 Å². The minimum absolute atomic E-state index is 0.0927. The quantitative estimate of drug-likeness (QED) is 0.798. The minimum Gasteiger partial charge on any atom is -0.507 e. The van der Waals surface area contributed by atoms with Gasteiger partial charge in [-0.3, -0.25) is 4.79 Å². The molecular weight excluding hydrogens is 214 g/mol. The number of carbonyl (C=O) groups is 1. The third kappa shape index (κ3) is 2.78. The molecule has 0 radical (unpaired) electrons. The number of nitrogens with zero attached hydrogens (tertiary/aromatic N) is 1. The van der Waals surface area contributed by atoms with E-state index >= 15 is 0 Å². The molecule has 1 aliphatic heterocycles. The molecular formula is C14H19NO2. The van der Waals surface area contributed by atoms with E-state index in [9.17, 15) is 9.90 Å². The van der Waals surface area contributed by atoms with Gasteiger partial charge in [-0.15, -0.1) is 0 Å². The summed E-state index contributed by atoms with van der Waals surface area (Å²) in [5.74, 6) is 0.00385. The molecule has 92 valence electrons. The number of anilines is 1. The van der Waals surface area contributed by atoms with Crippen molar-refractivity contribution < 1.29 is 9.90 Å². The Hall–Kier alpha value is -1.51. The fraction of sp³-hybridized carbons (Fsp3) is 0.500. The van der Waals surface area contributed by atoms with Crippen molar-refractivity contribution in [1.29, 1.82) is 0 Å². The minimum atomic E-state index is -0.0927. The summed E-state index contributed by atoms with van der Waals surface area (Å²) in [7, 11) is 0. The Bertz CT molecular complexity index is 407. The van der Waals surface area contributed by atoms with E-state index in [1.54, 1.807) is 12.1 Å². The van der Waals surface area contributed by atoms with Gasteiger partial charge < -0.3 is 10.0 Å². The zero-order chi connectivity index (χ0) is 12.3. The van der Waals surface area contributed by atoms with Crippen LogP contribution in [0.4, 0.5) is 5.69 Å². The summed E-state index contributed by atoms with van der Waals surface area (Å²) < 4.78 is 0. The van der Waals surface area contributed by atoms with Crippen LogP contribution in [0.5, 0.6) is 5.75 Å². The van der Waals surface area contributed by atoms with E-state index in [2.05, 4.69) is 4.90 Å². The third-order valence-electron chi connectivity index (χ3n) is 3.33. The van der Waals surface area contributed by atoms with Gasteiger partial charge in [-0.2, -0.15) is 0 Å². The second-order valence-electron chi connectivity index (χ2n) is 4.66. The van der Waals surface area contributed by atoms with Gasteiger partial charge in [-0.1, -0.05) is 12.8 Å². The number of hydrogen-bond donors (Lipinski definition) is 1. The Balaban J connectivity index is 2.21. The molecule has 2 rings (SSSR count). The molecule has 0 amide bonds. The van der Waals surface area contributed by atoms with Crippen LogP contribution in [0.15, 0.2) is 18.2 Å². The molecule has 0 aliphatic carbocycles. The SMILES string of the molecule is CC(=O)c1ccc(N2CCCCCC2)cc1O. The Kier molecular flexibility index (Phi) is 3.67. The first-order valence-electron chi connectivity index (χ1n) is 6.27. The maximum atomic E-state index is 11.2. The Labute approximate surface area is 102 Å². The molecule has 3 heteroatoms. The third-order valence-corrected chi connectivity index (χ3v) is 3.33. The normalized spacial score (nSPS) is 16.6. The fourth-order valence-electron chi connectivity index (χ4n) is 2.34. The van der Waals surface area contributed by atoms with Crippen LogP contribution in [0, 0.1) is 0 Å². The number of aromatic hydroxyl groups is 1. The molecule has 1 aromatic rings. The highest BCUT2D eigenvalue weighted by molar-refractivity contribution is 5.97. The zero-order valence-electron chi connectivity index (χ0n) is 10.3. The lowest BCUT2D eigenvalue weighted by molar-refractivity contribution is 0.101. The van der Waals surface area contributed by atoms with Gasteiger partial charge in [0.25, 0.3) is 0 Å². The maximum Gasteiger partial charge on any atom is 0.163 e. The van der Waals surface area contributed by atoms with Gasteiger partial charge in [0.2, 0.25) is 0 Å². The van der Waals surface area contributed by atoms with Crippen LogP contribution in [-0.4, -0.2) is 24.0 Å². The van der Waals surface area contributed by atoms with Crippen LogP contribution in [0.1, 0.15) is 43.0 Å².